The summed E-state index contributed by atoms with van der Waals surface area (Å²) in [6.45, 7) is 10.0. The summed E-state index contributed by atoms with van der Waals surface area (Å²) >= 11 is 1.13. The molecule has 4 nitrogen and oxygen atoms in total. The van der Waals surface area contributed by atoms with E-state index < -0.39 is 21.9 Å². The molecule has 0 rings (SSSR count). The fraction of sp³-hybridized carbons (Fsp3) is 0.923. The van der Waals surface area contributed by atoms with Crippen molar-refractivity contribution in [1.82, 2.24) is 0 Å². The fourth-order valence-electron chi connectivity index (χ4n) is 4.44. The van der Waals surface area contributed by atoms with E-state index >= 15 is 0 Å². The number of thioether (sulfide) groups is 1. The van der Waals surface area contributed by atoms with Crippen molar-refractivity contribution in [2.24, 2.45) is 11.8 Å². The highest BCUT2D eigenvalue weighted by atomic mass is 32.2. The maximum atomic E-state index is 12.4. The first-order valence-electron chi connectivity index (χ1n) is 12.9. The molecule has 0 heterocycles. The van der Waals surface area contributed by atoms with Gasteiger partial charge >= 0.3 is 11.9 Å². The Labute approximate surface area is 196 Å². The minimum absolute atomic E-state index is 0.00293. The van der Waals surface area contributed by atoms with Crippen LogP contribution in [0.25, 0.3) is 0 Å². The van der Waals surface area contributed by atoms with E-state index in [1.54, 1.807) is 13.8 Å². The SMILES string of the molecule is CCCCCCCCCCCC(CC(CC)CCCC)C(C)(SC(C)C(=O)O)C(=O)O. The lowest BCUT2D eigenvalue weighted by atomic mass is 9.79. The van der Waals surface area contributed by atoms with Crippen LogP contribution >= 0.6 is 11.8 Å². The average Bonchev–Trinajstić information content (AvgIpc) is 2.73. The van der Waals surface area contributed by atoms with Gasteiger partial charge in [-0.25, -0.2) is 0 Å². The smallest absolute Gasteiger partial charge is 0.319 e. The molecule has 0 aliphatic heterocycles. The maximum absolute atomic E-state index is 12.4. The van der Waals surface area contributed by atoms with Gasteiger partial charge in [-0.3, -0.25) is 9.59 Å². The predicted octanol–water partition coefficient (Wildman–Crippen LogP) is 8.18. The van der Waals surface area contributed by atoms with E-state index in [9.17, 15) is 19.8 Å². The molecule has 0 aromatic rings. The Bertz CT molecular complexity index is 482. The lowest BCUT2D eigenvalue weighted by Gasteiger charge is -2.37. The number of carboxylic acids is 2. The second kappa shape index (κ2) is 17.8. The molecule has 5 heteroatoms. The Balaban J connectivity index is 5.00. The van der Waals surface area contributed by atoms with Gasteiger partial charge in [0, 0.05) is 0 Å². The third-order valence-corrected chi connectivity index (χ3v) is 8.34. The molecule has 0 aliphatic rings. The molecule has 0 bridgehead atoms. The van der Waals surface area contributed by atoms with Crippen molar-refractivity contribution in [3.63, 3.8) is 0 Å². The first-order chi connectivity index (χ1) is 14.7. The van der Waals surface area contributed by atoms with Crippen LogP contribution in [0.15, 0.2) is 0 Å². The van der Waals surface area contributed by atoms with Crippen molar-refractivity contribution in [1.29, 1.82) is 0 Å². The molecule has 0 aromatic heterocycles. The third-order valence-electron chi connectivity index (χ3n) is 6.79. The van der Waals surface area contributed by atoms with Gasteiger partial charge in [0.25, 0.3) is 0 Å². The van der Waals surface area contributed by atoms with E-state index in [4.69, 9.17) is 0 Å². The Hall–Kier alpha value is -0.710. The van der Waals surface area contributed by atoms with Crippen molar-refractivity contribution in [2.75, 3.05) is 0 Å². The topological polar surface area (TPSA) is 74.6 Å². The zero-order valence-electron chi connectivity index (χ0n) is 21.0. The minimum atomic E-state index is -1.06. The summed E-state index contributed by atoms with van der Waals surface area (Å²) in [4.78, 5) is 23.8. The van der Waals surface area contributed by atoms with E-state index in [0.717, 1.165) is 56.7 Å². The molecular weight excluding hydrogens is 408 g/mol. The van der Waals surface area contributed by atoms with Crippen LogP contribution in [0, 0.1) is 11.8 Å². The lowest BCUT2D eigenvalue weighted by molar-refractivity contribution is -0.141. The van der Waals surface area contributed by atoms with Crippen LogP contribution in [0.1, 0.15) is 131 Å². The molecule has 2 N–H and O–H groups in total. The second-order valence-corrected chi connectivity index (χ2v) is 11.3. The third kappa shape index (κ3) is 12.8. The molecule has 4 unspecified atom stereocenters. The van der Waals surface area contributed by atoms with Crippen LogP contribution in [-0.4, -0.2) is 32.1 Å². The largest absolute Gasteiger partial charge is 0.480 e. The Morgan fingerprint density at radius 3 is 1.77 bits per heavy atom. The molecule has 0 amide bonds. The molecular formula is C26H50O4S. The summed E-state index contributed by atoms with van der Waals surface area (Å²) in [7, 11) is 0. The molecule has 0 aromatic carbocycles. The molecule has 31 heavy (non-hydrogen) atoms. The summed E-state index contributed by atoms with van der Waals surface area (Å²) in [6, 6.07) is 0. The number of carbonyl (C=O) groups is 2. The Kier molecular flexibility index (Phi) is 17.4. The van der Waals surface area contributed by atoms with Crippen molar-refractivity contribution in [2.45, 2.75) is 141 Å². The summed E-state index contributed by atoms with van der Waals surface area (Å²) in [5.41, 5.74) is 0. The zero-order chi connectivity index (χ0) is 23.7. The first-order valence-corrected chi connectivity index (χ1v) is 13.7. The molecule has 0 fully saturated rings. The van der Waals surface area contributed by atoms with Gasteiger partial charge in [0.05, 0.1) is 0 Å². The van der Waals surface area contributed by atoms with E-state index in [2.05, 4.69) is 20.8 Å². The van der Waals surface area contributed by atoms with Crippen molar-refractivity contribution >= 4 is 23.7 Å². The molecule has 4 atom stereocenters. The number of hydrogen-bond donors (Lipinski definition) is 2. The van der Waals surface area contributed by atoms with Crippen LogP contribution in [0.3, 0.4) is 0 Å². The summed E-state index contributed by atoms with van der Waals surface area (Å²) in [5, 5.41) is 18.8. The molecule has 0 radical (unpaired) electrons. The highest BCUT2D eigenvalue weighted by molar-refractivity contribution is 8.02. The van der Waals surface area contributed by atoms with Crippen LogP contribution in [0.4, 0.5) is 0 Å². The predicted molar refractivity (Wildman–Crippen MR) is 134 cm³/mol. The van der Waals surface area contributed by atoms with Gasteiger partial charge in [-0.05, 0) is 38.5 Å². The number of aliphatic carboxylic acids is 2. The van der Waals surface area contributed by atoms with Crippen molar-refractivity contribution in [3.05, 3.63) is 0 Å². The summed E-state index contributed by atoms with van der Waals surface area (Å²) < 4.78 is -1.06. The monoisotopic (exact) mass is 458 g/mol. The number of hydrogen-bond acceptors (Lipinski definition) is 3. The number of unbranched alkanes of at least 4 members (excludes halogenated alkanes) is 9. The van der Waals surface area contributed by atoms with Gasteiger partial charge in [0.2, 0.25) is 0 Å². The van der Waals surface area contributed by atoms with E-state index in [0.29, 0.717) is 5.92 Å². The molecule has 0 spiro atoms. The van der Waals surface area contributed by atoms with Crippen LogP contribution < -0.4 is 0 Å². The van der Waals surface area contributed by atoms with Gasteiger partial charge in [0.1, 0.15) is 10.00 Å². The Morgan fingerprint density at radius 2 is 1.32 bits per heavy atom. The number of carboxylic acid groups (broad SMARTS) is 2. The standard InChI is InChI=1S/C26H50O4S/c1-6-9-11-12-13-14-15-16-17-19-23(20-22(8-3)18-10-7-2)26(5,25(29)30)31-21(4)24(27)28/h21-23H,6-20H2,1-5H3,(H,27,28)(H,29,30). The van der Waals surface area contributed by atoms with Crippen LogP contribution in [0.5, 0.6) is 0 Å². The normalized spacial score (nSPS) is 16.4. The first kappa shape index (κ1) is 30.3. The minimum Gasteiger partial charge on any atom is -0.480 e. The average molecular weight is 459 g/mol. The van der Waals surface area contributed by atoms with Crippen LogP contribution in [-0.2, 0) is 9.59 Å². The highest BCUT2D eigenvalue weighted by Crippen LogP contribution is 2.43. The molecule has 0 saturated carbocycles. The maximum Gasteiger partial charge on any atom is 0.319 e. The Morgan fingerprint density at radius 1 is 0.806 bits per heavy atom. The molecule has 184 valence electrons. The highest BCUT2D eigenvalue weighted by Gasteiger charge is 2.44. The van der Waals surface area contributed by atoms with Gasteiger partial charge in [-0.1, -0.05) is 104 Å². The quantitative estimate of drug-likeness (QED) is 0.170. The fourth-order valence-corrected chi connectivity index (χ4v) is 5.78. The van der Waals surface area contributed by atoms with Crippen molar-refractivity contribution in [3.8, 4) is 0 Å². The molecule has 0 aliphatic carbocycles. The van der Waals surface area contributed by atoms with Crippen molar-refractivity contribution < 1.29 is 19.8 Å². The van der Waals surface area contributed by atoms with Crippen LogP contribution in [0.2, 0.25) is 0 Å². The van der Waals surface area contributed by atoms with E-state index in [-0.39, 0.29) is 5.92 Å². The number of rotatable bonds is 21. The van der Waals surface area contributed by atoms with Gasteiger partial charge in [-0.15, -0.1) is 11.8 Å². The summed E-state index contributed by atoms with van der Waals surface area (Å²) in [6.07, 6.45) is 17.5. The molecule has 0 saturated heterocycles. The summed E-state index contributed by atoms with van der Waals surface area (Å²) in [5.74, 6) is -1.28. The lowest BCUT2D eigenvalue weighted by Crippen LogP contribution is -2.43. The van der Waals surface area contributed by atoms with E-state index in [1.165, 1.54) is 51.4 Å². The zero-order valence-corrected chi connectivity index (χ0v) is 21.8. The van der Waals surface area contributed by atoms with E-state index in [1.807, 2.05) is 0 Å². The van der Waals surface area contributed by atoms with Gasteiger partial charge < -0.3 is 10.2 Å². The van der Waals surface area contributed by atoms with Gasteiger partial charge in [-0.2, -0.15) is 0 Å². The second-order valence-electron chi connectivity index (χ2n) is 9.48. The van der Waals surface area contributed by atoms with Gasteiger partial charge in [0.15, 0.2) is 0 Å².